The van der Waals surface area contributed by atoms with Crippen LogP contribution in [0.2, 0.25) is 0 Å². The van der Waals surface area contributed by atoms with Crippen LogP contribution in [0, 0.1) is 0 Å². The highest BCUT2D eigenvalue weighted by atomic mass is 16.5. The van der Waals surface area contributed by atoms with E-state index in [1.54, 1.807) is 7.11 Å². The zero-order chi connectivity index (χ0) is 18.0. The normalized spacial score (nSPS) is 13.7. The number of aliphatic hydroxyl groups is 1. The molecule has 0 bridgehead atoms. The quantitative estimate of drug-likeness (QED) is 0.297. The lowest BCUT2D eigenvalue weighted by Crippen LogP contribution is -2.27. The molecule has 0 aliphatic heterocycles. The van der Waals surface area contributed by atoms with Gasteiger partial charge < -0.3 is 14.6 Å². The van der Waals surface area contributed by atoms with E-state index in [4.69, 9.17) is 4.74 Å². The summed E-state index contributed by atoms with van der Waals surface area (Å²) >= 11 is 0. The third-order valence-corrected chi connectivity index (χ3v) is 4.68. The van der Waals surface area contributed by atoms with Crippen LogP contribution < -0.4 is 0 Å². The van der Waals surface area contributed by atoms with Gasteiger partial charge in [-0.15, -0.1) is 0 Å². The lowest BCUT2D eigenvalue weighted by molar-refractivity contribution is -0.140. The van der Waals surface area contributed by atoms with Crippen molar-refractivity contribution in [1.29, 1.82) is 0 Å². The van der Waals surface area contributed by atoms with E-state index in [1.807, 2.05) is 0 Å². The molecular formula is C20H40O4. The Morgan fingerprint density at radius 1 is 0.833 bits per heavy atom. The zero-order valence-corrected chi connectivity index (χ0v) is 16.2. The third kappa shape index (κ3) is 13.8. The van der Waals surface area contributed by atoms with Gasteiger partial charge in [0.25, 0.3) is 0 Å². The van der Waals surface area contributed by atoms with Crippen molar-refractivity contribution >= 4 is 5.97 Å². The van der Waals surface area contributed by atoms with Gasteiger partial charge in [-0.2, -0.15) is 0 Å². The van der Waals surface area contributed by atoms with Crippen LogP contribution in [0.25, 0.3) is 0 Å². The Morgan fingerprint density at radius 2 is 1.38 bits per heavy atom. The van der Waals surface area contributed by atoms with E-state index < -0.39 is 0 Å². The van der Waals surface area contributed by atoms with Gasteiger partial charge in [0.15, 0.2) is 0 Å². The molecule has 0 aromatic rings. The molecule has 4 nitrogen and oxygen atoms in total. The van der Waals surface area contributed by atoms with E-state index in [2.05, 4.69) is 11.7 Å². The molecule has 0 saturated carbocycles. The summed E-state index contributed by atoms with van der Waals surface area (Å²) in [6.45, 7) is 2.23. The first-order valence-electron chi connectivity index (χ1n) is 9.93. The molecule has 0 heterocycles. The summed E-state index contributed by atoms with van der Waals surface area (Å²) in [7, 11) is 3.13. The van der Waals surface area contributed by atoms with Crippen molar-refractivity contribution in [2.75, 3.05) is 14.2 Å². The van der Waals surface area contributed by atoms with Crippen molar-refractivity contribution in [2.45, 2.75) is 109 Å². The molecule has 144 valence electrons. The highest BCUT2D eigenvalue weighted by Crippen LogP contribution is 2.17. The molecule has 0 aromatic heterocycles. The van der Waals surface area contributed by atoms with Crippen LogP contribution in [0.4, 0.5) is 0 Å². The minimum Gasteiger partial charge on any atom is -0.469 e. The summed E-state index contributed by atoms with van der Waals surface area (Å²) in [5, 5.41) is 10.3. The molecule has 2 atom stereocenters. The Morgan fingerprint density at radius 3 is 1.96 bits per heavy atom. The number of aliphatic hydroxyl groups excluding tert-OH is 1. The lowest BCUT2D eigenvalue weighted by atomic mass is 9.99. The second-order valence-electron chi connectivity index (χ2n) is 6.78. The maximum absolute atomic E-state index is 11.0. The summed E-state index contributed by atoms with van der Waals surface area (Å²) < 4.78 is 10.1. The highest BCUT2D eigenvalue weighted by Gasteiger charge is 2.17. The Labute approximate surface area is 149 Å². The second-order valence-corrected chi connectivity index (χ2v) is 6.78. The molecule has 0 rings (SSSR count). The van der Waals surface area contributed by atoms with E-state index in [1.165, 1.54) is 39.2 Å². The fourth-order valence-corrected chi connectivity index (χ4v) is 3.03. The SMILES string of the molecule is CCCCCCCCC(O)C(CCCCCCCC(=O)OC)OC. The van der Waals surface area contributed by atoms with Crippen molar-refractivity contribution in [1.82, 2.24) is 0 Å². The molecule has 2 unspecified atom stereocenters. The molecule has 0 spiro atoms. The van der Waals surface area contributed by atoms with Crippen LogP contribution in [0.15, 0.2) is 0 Å². The van der Waals surface area contributed by atoms with Gasteiger partial charge in [-0.1, -0.05) is 71.1 Å². The standard InChI is InChI=1S/C20H40O4/c1-4-5-6-7-9-12-15-18(21)19(23-2)16-13-10-8-11-14-17-20(22)24-3/h18-19,21H,4-17H2,1-3H3. The summed E-state index contributed by atoms with van der Waals surface area (Å²) in [5.41, 5.74) is 0. The number of esters is 1. The van der Waals surface area contributed by atoms with Crippen LogP contribution in [0.5, 0.6) is 0 Å². The first-order chi connectivity index (χ1) is 11.7. The van der Waals surface area contributed by atoms with Gasteiger partial charge in [0.2, 0.25) is 0 Å². The minimum atomic E-state index is -0.333. The monoisotopic (exact) mass is 344 g/mol. The van der Waals surface area contributed by atoms with Gasteiger partial charge in [0, 0.05) is 13.5 Å². The van der Waals surface area contributed by atoms with Gasteiger partial charge in [0.05, 0.1) is 19.3 Å². The fourth-order valence-electron chi connectivity index (χ4n) is 3.03. The van der Waals surface area contributed by atoms with Crippen LogP contribution in [-0.2, 0) is 14.3 Å². The van der Waals surface area contributed by atoms with E-state index >= 15 is 0 Å². The number of hydrogen-bond acceptors (Lipinski definition) is 4. The van der Waals surface area contributed by atoms with Crippen molar-refractivity contribution in [3.63, 3.8) is 0 Å². The Balaban J connectivity index is 3.57. The van der Waals surface area contributed by atoms with E-state index in [9.17, 15) is 9.90 Å². The average Bonchev–Trinajstić information content (AvgIpc) is 2.59. The maximum Gasteiger partial charge on any atom is 0.305 e. The van der Waals surface area contributed by atoms with Crippen molar-refractivity contribution < 1.29 is 19.4 Å². The summed E-state index contributed by atoms with van der Waals surface area (Å²) in [5.74, 6) is -0.118. The van der Waals surface area contributed by atoms with Crippen molar-refractivity contribution in [3.8, 4) is 0 Å². The van der Waals surface area contributed by atoms with Crippen LogP contribution >= 0.6 is 0 Å². The summed E-state index contributed by atoms with van der Waals surface area (Å²) in [6.07, 6.45) is 14.7. The molecule has 0 saturated heterocycles. The van der Waals surface area contributed by atoms with Crippen LogP contribution in [-0.4, -0.2) is 37.5 Å². The molecule has 0 aliphatic carbocycles. The first-order valence-corrected chi connectivity index (χ1v) is 9.93. The van der Waals surface area contributed by atoms with E-state index in [0.717, 1.165) is 51.4 Å². The number of ether oxygens (including phenoxy) is 2. The number of methoxy groups -OCH3 is 2. The molecule has 24 heavy (non-hydrogen) atoms. The first kappa shape index (κ1) is 23.4. The van der Waals surface area contributed by atoms with Gasteiger partial charge >= 0.3 is 5.97 Å². The molecule has 0 aromatic carbocycles. The molecule has 0 amide bonds. The van der Waals surface area contributed by atoms with Crippen molar-refractivity contribution in [3.05, 3.63) is 0 Å². The van der Waals surface area contributed by atoms with E-state index in [-0.39, 0.29) is 18.2 Å². The van der Waals surface area contributed by atoms with Crippen LogP contribution in [0.1, 0.15) is 96.8 Å². The molecule has 4 heteroatoms. The number of hydrogen-bond donors (Lipinski definition) is 1. The maximum atomic E-state index is 11.0. The predicted molar refractivity (Wildman–Crippen MR) is 99.1 cm³/mol. The lowest BCUT2D eigenvalue weighted by Gasteiger charge is -2.21. The highest BCUT2D eigenvalue weighted by molar-refractivity contribution is 5.68. The minimum absolute atomic E-state index is 0.0317. The second kappa shape index (κ2) is 17.2. The van der Waals surface area contributed by atoms with Crippen LogP contribution in [0.3, 0.4) is 0 Å². The zero-order valence-electron chi connectivity index (χ0n) is 16.2. The van der Waals surface area contributed by atoms with Gasteiger partial charge in [-0.25, -0.2) is 0 Å². The third-order valence-electron chi connectivity index (χ3n) is 4.68. The van der Waals surface area contributed by atoms with Gasteiger partial charge in [0.1, 0.15) is 0 Å². The topological polar surface area (TPSA) is 55.8 Å². The van der Waals surface area contributed by atoms with Crippen molar-refractivity contribution in [2.24, 2.45) is 0 Å². The Hall–Kier alpha value is -0.610. The van der Waals surface area contributed by atoms with Gasteiger partial charge in [-0.3, -0.25) is 4.79 Å². The largest absolute Gasteiger partial charge is 0.469 e. The average molecular weight is 345 g/mol. The number of carbonyl (C=O) groups is 1. The van der Waals surface area contributed by atoms with Gasteiger partial charge in [-0.05, 0) is 19.3 Å². The molecule has 0 radical (unpaired) electrons. The summed E-state index contributed by atoms with van der Waals surface area (Å²) in [6, 6.07) is 0. The smallest absolute Gasteiger partial charge is 0.305 e. The van der Waals surface area contributed by atoms with E-state index in [0.29, 0.717) is 6.42 Å². The Kier molecular flexibility index (Phi) is 16.8. The fraction of sp³-hybridized carbons (Fsp3) is 0.950. The predicted octanol–water partition coefficient (Wildman–Crippen LogP) is 5.02. The number of carbonyl (C=O) groups excluding carboxylic acids is 1. The molecule has 0 aliphatic rings. The number of unbranched alkanes of at least 4 members (excludes halogenated alkanes) is 9. The molecule has 0 fully saturated rings. The Bertz CT molecular complexity index is 281. The molecular weight excluding hydrogens is 304 g/mol. The summed E-state index contributed by atoms with van der Waals surface area (Å²) in [4.78, 5) is 11.0. The molecule has 1 N–H and O–H groups in total. The number of rotatable bonds is 17.